The Morgan fingerprint density at radius 2 is 2.14 bits per heavy atom. The molecule has 0 radical (unpaired) electrons. The van der Waals surface area contributed by atoms with Crippen LogP contribution >= 0.6 is 0 Å². The summed E-state index contributed by atoms with van der Waals surface area (Å²) in [5, 5.41) is 0. The van der Waals surface area contributed by atoms with Gasteiger partial charge in [-0.15, -0.1) is 0 Å². The van der Waals surface area contributed by atoms with Crippen LogP contribution in [0, 0.1) is 11.3 Å². The van der Waals surface area contributed by atoms with E-state index in [0.717, 1.165) is 6.42 Å². The number of ether oxygens (including phenoxy) is 2. The lowest BCUT2D eigenvalue weighted by Gasteiger charge is -2.21. The molecule has 0 unspecified atom stereocenters. The summed E-state index contributed by atoms with van der Waals surface area (Å²) in [6.45, 7) is 6.56. The molecule has 0 aromatic heterocycles. The molecule has 0 N–H and O–H groups in total. The van der Waals surface area contributed by atoms with E-state index in [1.54, 1.807) is 7.11 Å². The number of carbonyl (C=O) groups is 1. The summed E-state index contributed by atoms with van der Waals surface area (Å²) in [6, 6.07) is 0. The van der Waals surface area contributed by atoms with Crippen molar-refractivity contribution < 1.29 is 14.3 Å². The minimum absolute atomic E-state index is 0.179. The molecule has 3 heteroatoms. The van der Waals surface area contributed by atoms with E-state index < -0.39 is 0 Å². The van der Waals surface area contributed by atoms with Gasteiger partial charge in [0, 0.05) is 24.9 Å². The van der Waals surface area contributed by atoms with Gasteiger partial charge in [-0.05, 0) is 6.42 Å². The lowest BCUT2D eigenvalue weighted by Crippen LogP contribution is -2.27. The van der Waals surface area contributed by atoms with Crippen molar-refractivity contribution in [3.63, 3.8) is 0 Å². The summed E-state index contributed by atoms with van der Waals surface area (Å²) in [4.78, 5) is 11.8. The van der Waals surface area contributed by atoms with Crippen molar-refractivity contribution in [1.29, 1.82) is 0 Å². The van der Waals surface area contributed by atoms with Crippen LogP contribution in [-0.4, -0.2) is 25.8 Å². The summed E-state index contributed by atoms with van der Waals surface area (Å²) >= 11 is 0. The van der Waals surface area contributed by atoms with E-state index in [-0.39, 0.29) is 23.4 Å². The van der Waals surface area contributed by atoms with Crippen LogP contribution in [-0.2, 0) is 14.3 Å². The highest BCUT2D eigenvalue weighted by atomic mass is 16.7. The quantitative estimate of drug-likeness (QED) is 0.699. The molecule has 0 aromatic rings. The molecule has 0 bridgehead atoms. The molecule has 0 aromatic carbocycles. The Bertz CT molecular complexity index is 205. The molecule has 0 spiro atoms. The number of hydrogen-bond acceptors (Lipinski definition) is 3. The lowest BCUT2D eigenvalue weighted by atomic mass is 9.84. The monoisotopic (exact) mass is 200 g/mol. The first-order chi connectivity index (χ1) is 6.45. The third-order valence-corrected chi connectivity index (χ3v) is 2.67. The Kier molecular flexibility index (Phi) is 3.67. The average Bonchev–Trinajstić information content (AvgIpc) is 2.50. The molecule has 1 fully saturated rings. The second-order valence-electron chi connectivity index (χ2n) is 4.90. The van der Waals surface area contributed by atoms with Gasteiger partial charge >= 0.3 is 0 Å². The van der Waals surface area contributed by atoms with Gasteiger partial charge in [0.2, 0.25) is 0 Å². The number of ketones is 1. The van der Waals surface area contributed by atoms with Gasteiger partial charge < -0.3 is 9.47 Å². The molecule has 1 aliphatic heterocycles. The molecule has 2 atom stereocenters. The minimum Gasteiger partial charge on any atom is -0.356 e. The zero-order valence-corrected chi connectivity index (χ0v) is 9.50. The van der Waals surface area contributed by atoms with Crippen LogP contribution in [0.4, 0.5) is 0 Å². The Labute approximate surface area is 85.8 Å². The number of hydrogen-bond donors (Lipinski definition) is 0. The first kappa shape index (κ1) is 11.7. The van der Waals surface area contributed by atoms with Crippen molar-refractivity contribution in [3.05, 3.63) is 0 Å². The average molecular weight is 200 g/mol. The Morgan fingerprint density at radius 1 is 1.50 bits per heavy atom. The zero-order valence-electron chi connectivity index (χ0n) is 9.50. The van der Waals surface area contributed by atoms with Gasteiger partial charge in [0.25, 0.3) is 0 Å². The molecule has 1 saturated heterocycles. The van der Waals surface area contributed by atoms with Crippen LogP contribution in [0.15, 0.2) is 0 Å². The summed E-state index contributed by atoms with van der Waals surface area (Å²) in [6.07, 6.45) is 1.32. The summed E-state index contributed by atoms with van der Waals surface area (Å²) < 4.78 is 10.5. The fraction of sp³-hybridized carbons (Fsp3) is 0.909. The Morgan fingerprint density at radius 3 is 2.64 bits per heavy atom. The van der Waals surface area contributed by atoms with Crippen molar-refractivity contribution in [3.8, 4) is 0 Å². The molecule has 82 valence electrons. The third-order valence-electron chi connectivity index (χ3n) is 2.67. The molecule has 3 nitrogen and oxygen atoms in total. The normalized spacial score (nSPS) is 28.0. The number of methoxy groups -OCH3 is 1. The first-order valence-electron chi connectivity index (χ1n) is 5.13. The standard InChI is InChI=1S/C11H20O3/c1-11(2,3)9(12)7-8-5-6-14-10(8)13-4/h8,10H,5-7H2,1-4H3/t8-,10-/m0/s1. The largest absolute Gasteiger partial charge is 0.356 e. The second-order valence-corrected chi connectivity index (χ2v) is 4.90. The van der Waals surface area contributed by atoms with Crippen molar-refractivity contribution in [2.75, 3.05) is 13.7 Å². The van der Waals surface area contributed by atoms with Crippen LogP contribution in [0.5, 0.6) is 0 Å². The van der Waals surface area contributed by atoms with Crippen molar-refractivity contribution in [1.82, 2.24) is 0 Å². The molecule has 0 amide bonds. The Hall–Kier alpha value is -0.410. The van der Waals surface area contributed by atoms with Gasteiger partial charge in [-0.25, -0.2) is 0 Å². The fourth-order valence-electron chi connectivity index (χ4n) is 1.61. The maximum Gasteiger partial charge on any atom is 0.160 e. The van der Waals surface area contributed by atoms with Crippen LogP contribution in [0.25, 0.3) is 0 Å². The van der Waals surface area contributed by atoms with Gasteiger partial charge in [-0.1, -0.05) is 20.8 Å². The molecule has 14 heavy (non-hydrogen) atoms. The fourth-order valence-corrected chi connectivity index (χ4v) is 1.61. The zero-order chi connectivity index (χ0) is 10.8. The predicted molar refractivity (Wildman–Crippen MR) is 53.9 cm³/mol. The molecule has 1 aliphatic rings. The Balaban J connectivity index is 2.48. The number of carbonyl (C=O) groups excluding carboxylic acids is 1. The smallest absolute Gasteiger partial charge is 0.160 e. The molecule has 0 saturated carbocycles. The third kappa shape index (κ3) is 2.79. The summed E-state index contributed by atoms with van der Waals surface area (Å²) in [7, 11) is 1.63. The molecule has 1 heterocycles. The van der Waals surface area contributed by atoms with E-state index >= 15 is 0 Å². The van der Waals surface area contributed by atoms with Gasteiger partial charge in [0.15, 0.2) is 6.29 Å². The van der Waals surface area contributed by atoms with Crippen LogP contribution < -0.4 is 0 Å². The maximum atomic E-state index is 11.8. The van der Waals surface area contributed by atoms with Crippen molar-refractivity contribution in [2.24, 2.45) is 11.3 Å². The predicted octanol–water partition coefficient (Wildman–Crippen LogP) is 2.00. The molecular formula is C11H20O3. The van der Waals surface area contributed by atoms with Gasteiger partial charge in [0.1, 0.15) is 5.78 Å². The minimum atomic E-state index is -0.249. The van der Waals surface area contributed by atoms with Crippen molar-refractivity contribution >= 4 is 5.78 Å². The van der Waals surface area contributed by atoms with Crippen LogP contribution in [0.2, 0.25) is 0 Å². The summed E-state index contributed by atoms with van der Waals surface area (Å²) in [5.41, 5.74) is -0.249. The van der Waals surface area contributed by atoms with E-state index in [2.05, 4.69) is 0 Å². The molecular weight excluding hydrogens is 180 g/mol. The van der Waals surface area contributed by atoms with Gasteiger partial charge in [-0.2, -0.15) is 0 Å². The number of Topliss-reactive ketones (excluding diaryl/α,β-unsaturated/α-hetero) is 1. The van der Waals surface area contributed by atoms with E-state index in [1.165, 1.54) is 0 Å². The second kappa shape index (κ2) is 4.41. The van der Waals surface area contributed by atoms with E-state index in [1.807, 2.05) is 20.8 Å². The van der Waals surface area contributed by atoms with Crippen LogP contribution in [0.3, 0.4) is 0 Å². The molecule has 1 rings (SSSR count). The van der Waals surface area contributed by atoms with Gasteiger partial charge in [-0.3, -0.25) is 4.79 Å². The van der Waals surface area contributed by atoms with E-state index in [0.29, 0.717) is 13.0 Å². The lowest BCUT2D eigenvalue weighted by molar-refractivity contribution is -0.135. The highest BCUT2D eigenvalue weighted by Crippen LogP contribution is 2.28. The van der Waals surface area contributed by atoms with E-state index in [9.17, 15) is 4.79 Å². The highest BCUT2D eigenvalue weighted by Gasteiger charge is 2.33. The SMILES string of the molecule is CO[C@H]1OCC[C@H]1CC(=O)C(C)(C)C. The maximum absolute atomic E-state index is 11.8. The van der Waals surface area contributed by atoms with Gasteiger partial charge in [0.05, 0.1) is 6.61 Å². The van der Waals surface area contributed by atoms with Crippen molar-refractivity contribution in [2.45, 2.75) is 39.9 Å². The number of rotatable bonds is 3. The highest BCUT2D eigenvalue weighted by molar-refractivity contribution is 5.83. The molecule has 0 aliphatic carbocycles. The van der Waals surface area contributed by atoms with Crippen LogP contribution in [0.1, 0.15) is 33.6 Å². The summed E-state index contributed by atoms with van der Waals surface area (Å²) in [5.74, 6) is 0.529. The topological polar surface area (TPSA) is 35.5 Å². The first-order valence-corrected chi connectivity index (χ1v) is 5.13. The van der Waals surface area contributed by atoms with E-state index in [4.69, 9.17) is 9.47 Å².